The van der Waals surface area contributed by atoms with E-state index in [1.54, 1.807) is 31.2 Å². The molecular weight excluding hydrogens is 303 g/mol. The molecule has 0 aromatic heterocycles. The van der Waals surface area contributed by atoms with Gasteiger partial charge in [-0.05, 0) is 35.7 Å². The topological polar surface area (TPSA) is 60.2 Å². The summed E-state index contributed by atoms with van der Waals surface area (Å²) in [5, 5.41) is 4.85. The number of hydrogen-bond acceptors (Lipinski definition) is 2. The first-order valence-electron chi connectivity index (χ1n) is 5.91. The summed E-state index contributed by atoms with van der Waals surface area (Å²) in [4.78, 5) is -0.924. The van der Waals surface area contributed by atoms with Gasteiger partial charge in [0, 0.05) is 0 Å². The van der Waals surface area contributed by atoms with Crippen LogP contribution in [0.2, 0.25) is 0 Å². The molecule has 0 aliphatic rings. The maximum atomic E-state index is 13.1. The minimum Gasteiger partial charge on any atom is -0.225 e. The molecule has 0 atom stereocenters. The van der Waals surface area contributed by atoms with Gasteiger partial charge in [0.25, 0.3) is 0 Å². The average molecular weight is 315 g/mol. The van der Waals surface area contributed by atoms with Crippen LogP contribution in [0.3, 0.4) is 0 Å². The van der Waals surface area contributed by atoms with Crippen molar-refractivity contribution in [1.29, 1.82) is 0 Å². The Hall–Kier alpha value is -1.86. The van der Waals surface area contributed by atoms with Crippen LogP contribution in [0, 0.1) is 6.92 Å². The molecule has 0 heterocycles. The highest BCUT2D eigenvalue weighted by atomic mass is 32.2. The van der Waals surface area contributed by atoms with Crippen LogP contribution >= 0.6 is 0 Å². The van der Waals surface area contributed by atoms with Gasteiger partial charge in [-0.25, -0.2) is 13.6 Å². The normalized spacial score (nSPS) is 12.4. The molecule has 0 unspecified atom stereocenters. The van der Waals surface area contributed by atoms with Gasteiger partial charge in [-0.3, -0.25) is 0 Å². The number of alkyl halides is 3. The van der Waals surface area contributed by atoms with Gasteiger partial charge in [0.2, 0.25) is 10.0 Å². The van der Waals surface area contributed by atoms with Crippen molar-refractivity contribution in [2.45, 2.75) is 18.0 Å². The summed E-state index contributed by atoms with van der Waals surface area (Å²) in [5.41, 5.74) is 0.413. The number of hydrogen-bond donors (Lipinski definition) is 1. The van der Waals surface area contributed by atoms with Crippen LogP contribution in [0.4, 0.5) is 13.2 Å². The molecule has 0 radical (unpaired) electrons. The standard InChI is InChI=1S/C14H12F3NO2S/c1-9-4-2-3-5-11(9)10-6-7-13(21(18,19)20)12(8-10)14(15,16)17/h2-8H,1H3,(H2,18,19,20). The number of primary sulfonamides is 1. The van der Waals surface area contributed by atoms with Crippen LogP contribution in [-0.4, -0.2) is 8.42 Å². The molecule has 112 valence electrons. The van der Waals surface area contributed by atoms with Crippen molar-refractivity contribution < 1.29 is 21.6 Å². The third-order valence-corrected chi connectivity index (χ3v) is 4.02. The smallest absolute Gasteiger partial charge is 0.225 e. The Morgan fingerprint density at radius 1 is 1.05 bits per heavy atom. The second-order valence-electron chi connectivity index (χ2n) is 4.57. The summed E-state index contributed by atoms with van der Waals surface area (Å²) in [7, 11) is -4.45. The van der Waals surface area contributed by atoms with E-state index in [0.717, 1.165) is 17.7 Å². The van der Waals surface area contributed by atoms with Crippen LogP contribution in [0.5, 0.6) is 0 Å². The molecule has 7 heteroatoms. The minimum atomic E-state index is -4.81. The van der Waals surface area contributed by atoms with Crippen molar-refractivity contribution in [3.05, 3.63) is 53.6 Å². The van der Waals surface area contributed by atoms with Gasteiger partial charge in [-0.2, -0.15) is 13.2 Å². The quantitative estimate of drug-likeness (QED) is 0.924. The molecule has 2 aromatic carbocycles. The van der Waals surface area contributed by atoms with Gasteiger partial charge in [0.15, 0.2) is 0 Å². The van der Waals surface area contributed by atoms with Crippen LogP contribution in [-0.2, 0) is 16.2 Å². The first kappa shape index (κ1) is 15.5. The monoisotopic (exact) mass is 315 g/mol. The fourth-order valence-electron chi connectivity index (χ4n) is 2.06. The first-order chi connectivity index (χ1) is 9.60. The summed E-state index contributed by atoms with van der Waals surface area (Å²) in [6.45, 7) is 1.76. The van der Waals surface area contributed by atoms with E-state index in [0.29, 0.717) is 5.56 Å². The lowest BCUT2D eigenvalue weighted by molar-refractivity contribution is -0.139. The predicted octanol–water partition coefficient (Wildman–Crippen LogP) is 3.33. The molecule has 2 rings (SSSR count). The van der Waals surface area contributed by atoms with E-state index in [9.17, 15) is 21.6 Å². The van der Waals surface area contributed by atoms with E-state index in [1.807, 2.05) is 0 Å². The Bertz CT molecular complexity index is 783. The van der Waals surface area contributed by atoms with Crippen molar-refractivity contribution >= 4 is 10.0 Å². The lowest BCUT2D eigenvalue weighted by Gasteiger charge is -2.14. The van der Waals surface area contributed by atoms with E-state index in [-0.39, 0.29) is 5.56 Å². The van der Waals surface area contributed by atoms with Gasteiger partial charge in [0.05, 0.1) is 10.5 Å². The number of rotatable bonds is 2. The number of aryl methyl sites for hydroxylation is 1. The molecule has 0 bridgehead atoms. The van der Waals surface area contributed by atoms with E-state index < -0.39 is 26.7 Å². The zero-order valence-corrected chi connectivity index (χ0v) is 11.8. The van der Waals surface area contributed by atoms with Crippen molar-refractivity contribution in [3.63, 3.8) is 0 Å². The number of sulfonamides is 1. The van der Waals surface area contributed by atoms with E-state index in [4.69, 9.17) is 5.14 Å². The van der Waals surface area contributed by atoms with Gasteiger partial charge in [-0.15, -0.1) is 0 Å². The highest BCUT2D eigenvalue weighted by Gasteiger charge is 2.36. The number of nitrogens with two attached hydrogens (primary N) is 1. The van der Waals surface area contributed by atoms with Gasteiger partial charge in [-0.1, -0.05) is 30.3 Å². The molecule has 2 aromatic rings. The molecule has 0 saturated heterocycles. The summed E-state index contributed by atoms with van der Waals surface area (Å²) < 4.78 is 61.8. The average Bonchev–Trinajstić information content (AvgIpc) is 2.36. The SMILES string of the molecule is Cc1ccccc1-c1ccc(S(N)(=O)=O)c(C(F)(F)F)c1. The Labute approximate surface area is 120 Å². The minimum absolute atomic E-state index is 0.285. The summed E-state index contributed by atoms with van der Waals surface area (Å²) >= 11 is 0. The zero-order chi connectivity index (χ0) is 15.8. The van der Waals surface area contributed by atoms with E-state index in [1.165, 1.54) is 6.07 Å². The molecular formula is C14H12F3NO2S. The van der Waals surface area contributed by atoms with Crippen LogP contribution < -0.4 is 5.14 Å². The highest BCUT2D eigenvalue weighted by molar-refractivity contribution is 7.89. The third-order valence-electron chi connectivity index (χ3n) is 3.05. The number of benzene rings is 2. The van der Waals surface area contributed by atoms with Gasteiger partial charge < -0.3 is 0 Å². The molecule has 2 N–H and O–H groups in total. The predicted molar refractivity (Wildman–Crippen MR) is 73.0 cm³/mol. The summed E-state index contributed by atoms with van der Waals surface area (Å²) in [5.74, 6) is 0. The maximum Gasteiger partial charge on any atom is 0.417 e. The Balaban J connectivity index is 2.72. The molecule has 0 fully saturated rings. The van der Waals surface area contributed by atoms with Crippen molar-refractivity contribution in [2.24, 2.45) is 5.14 Å². The number of halogens is 3. The van der Waals surface area contributed by atoms with Crippen molar-refractivity contribution in [2.75, 3.05) is 0 Å². The fourth-order valence-corrected chi connectivity index (χ4v) is 2.80. The van der Waals surface area contributed by atoms with Crippen molar-refractivity contribution in [3.8, 4) is 11.1 Å². The second-order valence-corrected chi connectivity index (χ2v) is 6.10. The lowest BCUT2D eigenvalue weighted by atomic mass is 9.99. The van der Waals surface area contributed by atoms with Gasteiger partial charge in [0.1, 0.15) is 0 Å². The third kappa shape index (κ3) is 3.25. The highest BCUT2D eigenvalue weighted by Crippen LogP contribution is 2.37. The summed E-state index contributed by atoms with van der Waals surface area (Å²) in [6.07, 6.45) is -4.81. The summed E-state index contributed by atoms with van der Waals surface area (Å²) in [6, 6.07) is 9.91. The lowest BCUT2D eigenvalue weighted by Crippen LogP contribution is -2.19. The van der Waals surface area contributed by atoms with E-state index >= 15 is 0 Å². The Morgan fingerprint density at radius 3 is 2.19 bits per heavy atom. The van der Waals surface area contributed by atoms with Crippen LogP contribution in [0.1, 0.15) is 11.1 Å². The largest absolute Gasteiger partial charge is 0.417 e. The van der Waals surface area contributed by atoms with Crippen LogP contribution in [0.25, 0.3) is 11.1 Å². The molecule has 3 nitrogen and oxygen atoms in total. The first-order valence-corrected chi connectivity index (χ1v) is 7.45. The molecule has 21 heavy (non-hydrogen) atoms. The Morgan fingerprint density at radius 2 is 1.67 bits per heavy atom. The fraction of sp³-hybridized carbons (Fsp3) is 0.143. The molecule has 0 amide bonds. The maximum absolute atomic E-state index is 13.1. The second kappa shape index (κ2) is 5.16. The molecule has 0 aliphatic heterocycles. The zero-order valence-electron chi connectivity index (χ0n) is 11.0. The molecule has 0 spiro atoms. The molecule has 0 aliphatic carbocycles. The Kier molecular flexibility index (Phi) is 3.81. The van der Waals surface area contributed by atoms with E-state index in [2.05, 4.69) is 0 Å². The van der Waals surface area contributed by atoms with Crippen LogP contribution in [0.15, 0.2) is 47.4 Å². The molecule has 0 saturated carbocycles. The van der Waals surface area contributed by atoms with Crippen molar-refractivity contribution in [1.82, 2.24) is 0 Å². The van der Waals surface area contributed by atoms with Gasteiger partial charge >= 0.3 is 6.18 Å².